The molecular formula is C16H19N4O2+. The van der Waals surface area contributed by atoms with Crippen LogP contribution in [-0.4, -0.2) is 36.8 Å². The van der Waals surface area contributed by atoms with Crippen LogP contribution in [0.3, 0.4) is 0 Å². The Bertz CT molecular complexity index is 708. The van der Waals surface area contributed by atoms with Crippen LogP contribution in [0.1, 0.15) is 18.5 Å². The van der Waals surface area contributed by atoms with Crippen molar-refractivity contribution in [2.45, 2.75) is 18.9 Å². The van der Waals surface area contributed by atoms with E-state index in [4.69, 9.17) is 4.74 Å². The monoisotopic (exact) mass is 299 g/mol. The number of fused-ring (bicyclic) bond motifs is 1. The predicted molar refractivity (Wildman–Crippen MR) is 83.8 cm³/mol. The number of pyridine rings is 1. The third-order valence-corrected chi connectivity index (χ3v) is 3.80. The molecular weight excluding hydrogens is 280 g/mol. The number of nitrogens with two attached hydrogens (primary N) is 1. The van der Waals surface area contributed by atoms with Crippen LogP contribution in [0.5, 0.6) is 5.75 Å². The van der Waals surface area contributed by atoms with Gasteiger partial charge in [0.1, 0.15) is 5.75 Å². The third-order valence-electron chi connectivity index (χ3n) is 3.80. The molecule has 1 saturated heterocycles. The molecule has 1 amide bonds. The van der Waals surface area contributed by atoms with Gasteiger partial charge in [0.05, 0.1) is 31.1 Å². The summed E-state index contributed by atoms with van der Waals surface area (Å²) in [6.07, 6.45) is 3.56. The van der Waals surface area contributed by atoms with E-state index in [1.165, 1.54) is 0 Å². The van der Waals surface area contributed by atoms with E-state index in [0.717, 1.165) is 36.0 Å². The van der Waals surface area contributed by atoms with Gasteiger partial charge >= 0.3 is 0 Å². The Morgan fingerprint density at radius 1 is 1.45 bits per heavy atom. The first kappa shape index (κ1) is 14.5. The van der Waals surface area contributed by atoms with E-state index in [0.29, 0.717) is 5.69 Å². The quantitative estimate of drug-likeness (QED) is 0.634. The number of carbonyl (C=O) groups is 1. The van der Waals surface area contributed by atoms with Gasteiger partial charge < -0.3 is 10.1 Å². The standard InChI is InChI=1S/C16H18N4O2/c1-22-13-6-7-14-11(9-13)4-5-12(19-14)10-18-20-16(21)15-3-2-8-17-15/h4-7,9-10,15,17H,2-3,8H2,1H3,(H,20,21)/p+1/b18-10-/t15-/m0/s1. The molecule has 0 radical (unpaired) electrons. The van der Waals surface area contributed by atoms with Gasteiger partial charge in [-0.15, -0.1) is 0 Å². The number of hydrogen-bond acceptors (Lipinski definition) is 4. The molecule has 6 nitrogen and oxygen atoms in total. The minimum absolute atomic E-state index is 0.00539. The van der Waals surface area contributed by atoms with E-state index in [1.807, 2.05) is 35.6 Å². The van der Waals surface area contributed by atoms with Crippen LogP contribution >= 0.6 is 0 Å². The molecule has 3 rings (SSSR count). The number of carbonyl (C=O) groups excluding carboxylic acids is 1. The molecule has 1 aliphatic rings. The zero-order valence-corrected chi connectivity index (χ0v) is 12.5. The van der Waals surface area contributed by atoms with Crippen molar-refractivity contribution < 1.29 is 14.8 Å². The van der Waals surface area contributed by atoms with E-state index in [2.05, 4.69) is 15.5 Å². The van der Waals surface area contributed by atoms with Gasteiger partial charge in [-0.1, -0.05) is 6.07 Å². The molecule has 6 heteroatoms. The second-order valence-corrected chi connectivity index (χ2v) is 5.30. The molecule has 0 spiro atoms. The normalized spacial score (nSPS) is 18.0. The summed E-state index contributed by atoms with van der Waals surface area (Å²) in [5.74, 6) is 0.759. The number of hydrazone groups is 1. The Morgan fingerprint density at radius 3 is 3.14 bits per heavy atom. The lowest BCUT2D eigenvalue weighted by atomic mass is 10.2. The number of methoxy groups -OCH3 is 1. The summed E-state index contributed by atoms with van der Waals surface area (Å²) >= 11 is 0. The summed E-state index contributed by atoms with van der Waals surface area (Å²) in [4.78, 5) is 16.3. The predicted octanol–water partition coefficient (Wildman–Crippen LogP) is 0.419. The topological polar surface area (TPSA) is 80.2 Å². The SMILES string of the molecule is COc1ccc2nc(/C=N\NC(=O)[C@@H]3CCC[NH2+]3)ccc2c1. The molecule has 1 aliphatic heterocycles. The van der Waals surface area contributed by atoms with Gasteiger partial charge in [0.15, 0.2) is 6.04 Å². The number of rotatable bonds is 4. The lowest BCUT2D eigenvalue weighted by Gasteiger charge is -2.04. The maximum absolute atomic E-state index is 11.8. The summed E-state index contributed by atoms with van der Waals surface area (Å²) in [5, 5.41) is 7.04. The van der Waals surface area contributed by atoms with Gasteiger partial charge in [0.25, 0.3) is 5.91 Å². The molecule has 2 heterocycles. The Balaban J connectivity index is 1.68. The largest absolute Gasteiger partial charge is 0.497 e. The van der Waals surface area contributed by atoms with E-state index in [1.54, 1.807) is 13.3 Å². The van der Waals surface area contributed by atoms with Crippen LogP contribution in [0.25, 0.3) is 10.9 Å². The fourth-order valence-corrected chi connectivity index (χ4v) is 2.58. The smallest absolute Gasteiger partial charge is 0.298 e. The Morgan fingerprint density at radius 2 is 2.36 bits per heavy atom. The highest BCUT2D eigenvalue weighted by Gasteiger charge is 2.25. The average molecular weight is 299 g/mol. The van der Waals surface area contributed by atoms with Crippen molar-refractivity contribution in [1.29, 1.82) is 0 Å². The minimum atomic E-state index is -0.0423. The van der Waals surface area contributed by atoms with Crippen LogP contribution in [-0.2, 0) is 4.79 Å². The summed E-state index contributed by atoms with van der Waals surface area (Å²) in [6, 6.07) is 9.51. The van der Waals surface area contributed by atoms with Gasteiger partial charge in [-0.2, -0.15) is 5.10 Å². The molecule has 1 fully saturated rings. The molecule has 2 aromatic rings. The zero-order valence-electron chi connectivity index (χ0n) is 12.5. The summed E-state index contributed by atoms with van der Waals surface area (Å²) in [5.41, 5.74) is 4.14. The fraction of sp³-hybridized carbons (Fsp3) is 0.312. The van der Waals surface area contributed by atoms with Gasteiger partial charge in [0, 0.05) is 18.2 Å². The highest BCUT2D eigenvalue weighted by atomic mass is 16.5. The summed E-state index contributed by atoms with van der Waals surface area (Å²) in [6.45, 7) is 1.01. The molecule has 0 bridgehead atoms. The van der Waals surface area contributed by atoms with Gasteiger partial charge in [-0.3, -0.25) is 4.79 Å². The van der Waals surface area contributed by atoms with Crippen molar-refractivity contribution in [2.75, 3.05) is 13.7 Å². The third kappa shape index (κ3) is 3.23. The Labute approximate surface area is 128 Å². The van der Waals surface area contributed by atoms with Gasteiger partial charge in [-0.05, 0) is 24.3 Å². The number of aromatic nitrogens is 1. The van der Waals surface area contributed by atoms with Gasteiger partial charge in [0.2, 0.25) is 0 Å². The number of amides is 1. The number of nitrogens with one attached hydrogen (secondary N) is 1. The molecule has 0 saturated carbocycles. The van der Waals surface area contributed by atoms with E-state index in [-0.39, 0.29) is 11.9 Å². The Hall–Kier alpha value is -2.47. The second-order valence-electron chi connectivity index (χ2n) is 5.30. The minimum Gasteiger partial charge on any atom is -0.497 e. The zero-order chi connectivity index (χ0) is 15.4. The Kier molecular flexibility index (Phi) is 4.29. The van der Waals surface area contributed by atoms with Crippen LogP contribution in [0.15, 0.2) is 35.4 Å². The van der Waals surface area contributed by atoms with Crippen LogP contribution in [0.2, 0.25) is 0 Å². The first-order valence-electron chi connectivity index (χ1n) is 7.37. The van der Waals surface area contributed by atoms with E-state index >= 15 is 0 Å². The molecule has 0 aliphatic carbocycles. The van der Waals surface area contributed by atoms with Crippen molar-refractivity contribution in [1.82, 2.24) is 10.4 Å². The second kappa shape index (κ2) is 6.53. The summed E-state index contributed by atoms with van der Waals surface area (Å²) in [7, 11) is 1.64. The molecule has 1 aromatic carbocycles. The van der Waals surface area contributed by atoms with Crippen LogP contribution < -0.4 is 15.5 Å². The number of hydrogen-bond donors (Lipinski definition) is 2. The molecule has 0 unspecified atom stereocenters. The van der Waals surface area contributed by atoms with Crippen molar-refractivity contribution in [3.05, 3.63) is 36.0 Å². The number of benzene rings is 1. The van der Waals surface area contributed by atoms with E-state index < -0.39 is 0 Å². The maximum atomic E-state index is 11.8. The molecule has 3 N–H and O–H groups in total. The number of nitrogens with zero attached hydrogens (tertiary/aromatic N) is 2. The van der Waals surface area contributed by atoms with Crippen LogP contribution in [0.4, 0.5) is 0 Å². The van der Waals surface area contributed by atoms with Crippen molar-refractivity contribution in [3.63, 3.8) is 0 Å². The first-order valence-corrected chi connectivity index (χ1v) is 7.37. The van der Waals surface area contributed by atoms with Crippen molar-refractivity contribution in [2.24, 2.45) is 5.10 Å². The summed E-state index contributed by atoms with van der Waals surface area (Å²) < 4.78 is 5.19. The maximum Gasteiger partial charge on any atom is 0.298 e. The highest BCUT2D eigenvalue weighted by Crippen LogP contribution is 2.19. The lowest BCUT2D eigenvalue weighted by molar-refractivity contribution is -0.657. The molecule has 114 valence electrons. The lowest BCUT2D eigenvalue weighted by Crippen LogP contribution is -2.89. The van der Waals surface area contributed by atoms with Crippen molar-refractivity contribution >= 4 is 23.0 Å². The first-order chi connectivity index (χ1) is 10.8. The number of quaternary nitrogens is 1. The highest BCUT2D eigenvalue weighted by molar-refractivity contribution is 5.87. The molecule has 1 aromatic heterocycles. The fourth-order valence-electron chi connectivity index (χ4n) is 2.58. The van der Waals surface area contributed by atoms with Crippen LogP contribution in [0, 0.1) is 0 Å². The van der Waals surface area contributed by atoms with Crippen molar-refractivity contribution in [3.8, 4) is 5.75 Å². The average Bonchev–Trinajstić information content (AvgIpc) is 3.08. The van der Waals surface area contributed by atoms with E-state index in [9.17, 15) is 4.79 Å². The van der Waals surface area contributed by atoms with Gasteiger partial charge in [-0.25, -0.2) is 10.4 Å². The molecule has 22 heavy (non-hydrogen) atoms. The molecule has 1 atom stereocenters. The number of ether oxygens (including phenoxy) is 1.